The lowest BCUT2D eigenvalue weighted by Crippen LogP contribution is -2.00. The van der Waals surface area contributed by atoms with Crippen molar-refractivity contribution in [2.24, 2.45) is 5.92 Å². The predicted molar refractivity (Wildman–Crippen MR) is 63.5 cm³/mol. The van der Waals surface area contributed by atoms with Crippen LogP contribution in [0.2, 0.25) is 0 Å². The van der Waals surface area contributed by atoms with E-state index in [0.717, 1.165) is 12.3 Å². The summed E-state index contributed by atoms with van der Waals surface area (Å²) in [4.78, 5) is 0. The molecule has 1 aromatic carbocycles. The number of aryl methyl sites for hydroxylation is 2. The number of hydrogen-bond donors (Lipinski definition) is 0. The van der Waals surface area contributed by atoms with Crippen molar-refractivity contribution < 1.29 is 4.39 Å². The Morgan fingerprint density at radius 3 is 2.47 bits per heavy atom. The topological polar surface area (TPSA) is 0 Å². The van der Waals surface area contributed by atoms with E-state index in [9.17, 15) is 4.39 Å². The van der Waals surface area contributed by atoms with E-state index in [-0.39, 0.29) is 5.82 Å². The van der Waals surface area contributed by atoms with Gasteiger partial charge >= 0.3 is 0 Å². The molecule has 0 radical (unpaired) electrons. The van der Waals surface area contributed by atoms with Gasteiger partial charge in [-0.25, -0.2) is 4.39 Å². The van der Waals surface area contributed by atoms with Crippen LogP contribution in [0, 0.1) is 18.7 Å². The summed E-state index contributed by atoms with van der Waals surface area (Å²) in [6, 6.07) is 5.09. The van der Waals surface area contributed by atoms with Gasteiger partial charge in [-0.15, -0.1) is 0 Å². The van der Waals surface area contributed by atoms with Crippen LogP contribution in [0.1, 0.15) is 44.2 Å². The lowest BCUT2D eigenvalue weighted by Gasteiger charge is -2.13. The highest BCUT2D eigenvalue weighted by Gasteiger charge is 2.06. The van der Waals surface area contributed by atoms with Crippen molar-refractivity contribution in [2.45, 2.75) is 46.5 Å². The lowest BCUT2D eigenvalue weighted by atomic mass is 9.93. The molecule has 1 rings (SSSR count). The maximum Gasteiger partial charge on any atom is 0.123 e. The van der Waals surface area contributed by atoms with Crippen LogP contribution in [0.5, 0.6) is 0 Å². The van der Waals surface area contributed by atoms with E-state index >= 15 is 0 Å². The van der Waals surface area contributed by atoms with Crippen LogP contribution in [-0.2, 0) is 6.42 Å². The molecule has 0 aliphatic carbocycles. The van der Waals surface area contributed by atoms with E-state index in [4.69, 9.17) is 0 Å². The minimum absolute atomic E-state index is 0.111. The molecule has 84 valence electrons. The Bertz CT molecular complexity index is 300. The Labute approximate surface area is 92.5 Å². The third-order valence-electron chi connectivity index (χ3n) is 3.29. The highest BCUT2D eigenvalue weighted by atomic mass is 19.1. The summed E-state index contributed by atoms with van der Waals surface area (Å²) < 4.78 is 13.0. The highest BCUT2D eigenvalue weighted by Crippen LogP contribution is 2.18. The molecule has 0 heterocycles. The van der Waals surface area contributed by atoms with Gasteiger partial charge in [0, 0.05) is 0 Å². The summed E-state index contributed by atoms with van der Waals surface area (Å²) in [6.45, 7) is 6.51. The zero-order valence-corrected chi connectivity index (χ0v) is 10.0. The zero-order valence-electron chi connectivity index (χ0n) is 10.0. The van der Waals surface area contributed by atoms with Crippen LogP contribution in [-0.4, -0.2) is 0 Å². The van der Waals surface area contributed by atoms with E-state index in [1.165, 1.54) is 36.5 Å². The molecular formula is C14H21F. The van der Waals surface area contributed by atoms with E-state index in [2.05, 4.69) is 20.8 Å². The average molecular weight is 208 g/mol. The Hall–Kier alpha value is -0.850. The summed E-state index contributed by atoms with van der Waals surface area (Å²) in [7, 11) is 0. The first-order valence-electron chi connectivity index (χ1n) is 5.92. The number of benzene rings is 1. The molecule has 0 unspecified atom stereocenters. The average Bonchev–Trinajstić information content (AvgIpc) is 2.24. The molecule has 0 aliphatic heterocycles. The molecule has 15 heavy (non-hydrogen) atoms. The minimum atomic E-state index is -0.111. The molecule has 0 nitrogen and oxygen atoms in total. The van der Waals surface area contributed by atoms with Gasteiger partial charge in [-0.2, -0.15) is 0 Å². The van der Waals surface area contributed by atoms with Gasteiger partial charge < -0.3 is 0 Å². The maximum atomic E-state index is 13.0. The van der Waals surface area contributed by atoms with Gasteiger partial charge in [-0.1, -0.05) is 32.8 Å². The molecule has 0 saturated heterocycles. The van der Waals surface area contributed by atoms with E-state index in [1.807, 2.05) is 6.07 Å². The smallest absolute Gasteiger partial charge is 0.123 e. The second kappa shape index (κ2) is 5.89. The standard InChI is InChI=1S/C14H21F/c1-4-12(5-2)7-8-13-10-14(15)9-6-11(13)3/h6,9-10,12H,4-5,7-8H2,1-3H3. The first-order chi connectivity index (χ1) is 7.17. The highest BCUT2D eigenvalue weighted by molar-refractivity contribution is 5.26. The molecule has 0 N–H and O–H groups in total. The summed E-state index contributed by atoms with van der Waals surface area (Å²) in [5, 5.41) is 0. The van der Waals surface area contributed by atoms with Gasteiger partial charge in [-0.3, -0.25) is 0 Å². The quantitative estimate of drug-likeness (QED) is 0.668. The molecule has 1 aromatic rings. The van der Waals surface area contributed by atoms with Crippen LogP contribution in [0.25, 0.3) is 0 Å². The molecular weight excluding hydrogens is 187 g/mol. The molecule has 0 bridgehead atoms. The van der Waals surface area contributed by atoms with E-state index in [0.29, 0.717) is 0 Å². The van der Waals surface area contributed by atoms with Crippen molar-refractivity contribution >= 4 is 0 Å². The van der Waals surface area contributed by atoms with Crippen LogP contribution >= 0.6 is 0 Å². The third-order valence-corrected chi connectivity index (χ3v) is 3.29. The van der Waals surface area contributed by atoms with Crippen molar-refractivity contribution in [3.05, 3.63) is 35.1 Å². The molecule has 0 amide bonds. The normalized spacial score (nSPS) is 11.0. The molecule has 0 aromatic heterocycles. The summed E-state index contributed by atoms with van der Waals surface area (Å²) in [5.74, 6) is 0.674. The lowest BCUT2D eigenvalue weighted by molar-refractivity contribution is 0.455. The molecule has 0 saturated carbocycles. The molecule has 1 heteroatoms. The summed E-state index contributed by atoms with van der Waals surface area (Å²) in [6.07, 6.45) is 4.64. The third kappa shape index (κ3) is 3.65. The Balaban J connectivity index is 2.60. The van der Waals surface area contributed by atoms with Gasteiger partial charge in [0.15, 0.2) is 0 Å². The molecule has 0 aliphatic rings. The van der Waals surface area contributed by atoms with E-state index < -0.39 is 0 Å². The van der Waals surface area contributed by atoms with Gasteiger partial charge in [0.2, 0.25) is 0 Å². The monoisotopic (exact) mass is 208 g/mol. The van der Waals surface area contributed by atoms with Crippen LogP contribution < -0.4 is 0 Å². The second-order valence-corrected chi connectivity index (χ2v) is 4.29. The first-order valence-corrected chi connectivity index (χ1v) is 5.92. The Morgan fingerprint density at radius 1 is 1.20 bits per heavy atom. The number of rotatable bonds is 5. The van der Waals surface area contributed by atoms with Crippen LogP contribution in [0.3, 0.4) is 0 Å². The fourth-order valence-electron chi connectivity index (χ4n) is 1.97. The largest absolute Gasteiger partial charge is 0.207 e. The summed E-state index contributed by atoms with van der Waals surface area (Å²) in [5.41, 5.74) is 2.38. The van der Waals surface area contributed by atoms with Crippen molar-refractivity contribution in [2.75, 3.05) is 0 Å². The number of hydrogen-bond acceptors (Lipinski definition) is 0. The van der Waals surface area contributed by atoms with E-state index in [1.54, 1.807) is 6.07 Å². The number of halogens is 1. The molecule has 0 atom stereocenters. The fourth-order valence-corrected chi connectivity index (χ4v) is 1.97. The minimum Gasteiger partial charge on any atom is -0.207 e. The summed E-state index contributed by atoms with van der Waals surface area (Å²) >= 11 is 0. The SMILES string of the molecule is CCC(CC)CCc1cc(F)ccc1C. The van der Waals surface area contributed by atoms with Crippen LogP contribution in [0.15, 0.2) is 18.2 Å². The zero-order chi connectivity index (χ0) is 11.3. The second-order valence-electron chi connectivity index (χ2n) is 4.29. The van der Waals surface area contributed by atoms with Crippen molar-refractivity contribution in [1.82, 2.24) is 0 Å². The van der Waals surface area contributed by atoms with Crippen molar-refractivity contribution in [3.63, 3.8) is 0 Å². The maximum absolute atomic E-state index is 13.0. The van der Waals surface area contributed by atoms with Crippen LogP contribution in [0.4, 0.5) is 4.39 Å². The van der Waals surface area contributed by atoms with Crippen molar-refractivity contribution in [1.29, 1.82) is 0 Å². The van der Waals surface area contributed by atoms with Crippen molar-refractivity contribution in [3.8, 4) is 0 Å². The van der Waals surface area contributed by atoms with Gasteiger partial charge in [0.05, 0.1) is 0 Å². The molecule has 0 spiro atoms. The van der Waals surface area contributed by atoms with Gasteiger partial charge in [-0.05, 0) is 48.9 Å². The fraction of sp³-hybridized carbons (Fsp3) is 0.571. The Kier molecular flexibility index (Phi) is 4.80. The van der Waals surface area contributed by atoms with Gasteiger partial charge in [0.1, 0.15) is 5.82 Å². The first kappa shape index (κ1) is 12.2. The predicted octanol–water partition coefficient (Wildman–Crippen LogP) is 4.50. The molecule has 0 fully saturated rings. The van der Waals surface area contributed by atoms with Gasteiger partial charge in [0.25, 0.3) is 0 Å². The Morgan fingerprint density at radius 2 is 1.87 bits per heavy atom.